The highest BCUT2D eigenvalue weighted by molar-refractivity contribution is 5.82. The molecule has 3 nitrogen and oxygen atoms in total. The largest absolute Gasteiger partial charge is 0.353 e. The van der Waals surface area contributed by atoms with Gasteiger partial charge in [-0.2, -0.15) is 5.26 Å². The molecule has 1 fully saturated rings. The molecule has 1 aromatic heterocycles. The zero-order chi connectivity index (χ0) is 16.6. The molecule has 0 saturated carbocycles. The molecule has 3 rings (SSSR count). The lowest BCUT2D eigenvalue weighted by Crippen LogP contribution is -2.29. The number of allylic oxidation sites excluding steroid dienone is 1. The minimum Gasteiger partial charge on any atom is -0.353 e. The van der Waals surface area contributed by atoms with Gasteiger partial charge in [0.1, 0.15) is 17.4 Å². The second-order valence-electron chi connectivity index (χ2n) is 5.68. The van der Waals surface area contributed by atoms with Crippen LogP contribution in [-0.4, -0.2) is 28.4 Å². The van der Waals surface area contributed by atoms with Gasteiger partial charge in [0.25, 0.3) is 5.92 Å². The number of rotatable bonds is 3. The van der Waals surface area contributed by atoms with E-state index in [9.17, 15) is 13.2 Å². The van der Waals surface area contributed by atoms with E-state index in [4.69, 9.17) is 5.26 Å². The molecule has 0 N–H and O–H groups in total. The summed E-state index contributed by atoms with van der Waals surface area (Å²) in [7, 11) is 0. The van der Waals surface area contributed by atoms with E-state index >= 15 is 0 Å². The van der Waals surface area contributed by atoms with Crippen molar-refractivity contribution in [3.05, 3.63) is 54.1 Å². The van der Waals surface area contributed by atoms with Gasteiger partial charge in [-0.15, -0.1) is 0 Å². The Labute approximate surface area is 131 Å². The molecule has 1 saturated heterocycles. The summed E-state index contributed by atoms with van der Waals surface area (Å²) in [5.74, 6) is -3.33. The lowest BCUT2D eigenvalue weighted by atomic mass is 10.0. The van der Waals surface area contributed by atoms with E-state index in [1.54, 1.807) is 18.2 Å². The average Bonchev–Trinajstić information content (AvgIpc) is 2.83. The summed E-state index contributed by atoms with van der Waals surface area (Å²) in [6.07, 6.45) is 1.25. The Hall–Kier alpha value is -2.55. The number of alkyl halides is 2. The van der Waals surface area contributed by atoms with E-state index in [0.29, 0.717) is 11.1 Å². The van der Waals surface area contributed by atoms with Gasteiger partial charge in [0, 0.05) is 30.1 Å². The third kappa shape index (κ3) is 2.87. The van der Waals surface area contributed by atoms with Gasteiger partial charge in [0.15, 0.2) is 0 Å². The lowest BCUT2D eigenvalue weighted by molar-refractivity contribution is 0.0147. The minimum atomic E-state index is -2.89. The van der Waals surface area contributed by atoms with Crippen molar-refractivity contribution >= 4 is 10.9 Å². The molecular weight excluding hydrogens is 303 g/mol. The van der Waals surface area contributed by atoms with Gasteiger partial charge in [-0.05, 0) is 17.7 Å². The predicted molar refractivity (Wildman–Crippen MR) is 80.2 cm³/mol. The van der Waals surface area contributed by atoms with Crippen molar-refractivity contribution in [2.24, 2.45) is 0 Å². The number of halogens is 3. The van der Waals surface area contributed by atoms with Crippen molar-refractivity contribution in [2.45, 2.75) is 24.8 Å². The van der Waals surface area contributed by atoms with Gasteiger partial charge in [0.05, 0.1) is 12.6 Å². The molecule has 1 aliphatic heterocycles. The Balaban J connectivity index is 1.90. The monoisotopic (exact) mass is 317 g/mol. The van der Waals surface area contributed by atoms with E-state index in [-0.39, 0.29) is 11.9 Å². The first-order valence-electron chi connectivity index (χ1n) is 7.15. The summed E-state index contributed by atoms with van der Waals surface area (Å²) >= 11 is 0. The number of benzene rings is 1. The van der Waals surface area contributed by atoms with Crippen molar-refractivity contribution < 1.29 is 13.2 Å². The van der Waals surface area contributed by atoms with Gasteiger partial charge < -0.3 is 4.90 Å². The number of nitrogens with zero attached hydrogens (tertiary/aromatic N) is 3. The first-order valence-corrected chi connectivity index (χ1v) is 7.15. The second kappa shape index (κ2) is 5.58. The molecule has 1 unspecified atom stereocenters. The van der Waals surface area contributed by atoms with Gasteiger partial charge >= 0.3 is 0 Å². The van der Waals surface area contributed by atoms with Crippen molar-refractivity contribution in [3.8, 4) is 6.07 Å². The van der Waals surface area contributed by atoms with Crippen molar-refractivity contribution in [3.63, 3.8) is 0 Å². The number of fused-ring (bicyclic) bond motifs is 1. The van der Waals surface area contributed by atoms with Crippen LogP contribution in [0.2, 0.25) is 0 Å². The van der Waals surface area contributed by atoms with Gasteiger partial charge in [0.2, 0.25) is 0 Å². The molecule has 0 radical (unpaired) electrons. The Morgan fingerprint density at radius 3 is 2.96 bits per heavy atom. The lowest BCUT2D eigenvalue weighted by Gasteiger charge is -2.24. The topological polar surface area (TPSA) is 39.9 Å². The predicted octanol–water partition coefficient (Wildman–Crippen LogP) is 3.66. The van der Waals surface area contributed by atoms with Crippen LogP contribution in [0.25, 0.3) is 10.9 Å². The quantitative estimate of drug-likeness (QED) is 0.867. The van der Waals surface area contributed by atoms with Crippen LogP contribution in [0.5, 0.6) is 0 Å². The van der Waals surface area contributed by atoms with Crippen LogP contribution >= 0.6 is 0 Å². The molecule has 0 aliphatic carbocycles. The van der Waals surface area contributed by atoms with E-state index in [0.717, 1.165) is 5.56 Å². The van der Waals surface area contributed by atoms with Crippen molar-refractivity contribution in [1.82, 2.24) is 9.88 Å². The molecule has 0 amide bonds. The maximum absolute atomic E-state index is 13.8. The van der Waals surface area contributed by atoms with Crippen LogP contribution in [0, 0.1) is 17.1 Å². The summed E-state index contributed by atoms with van der Waals surface area (Å²) in [6.45, 7) is 3.34. The Morgan fingerprint density at radius 2 is 2.22 bits per heavy atom. The van der Waals surface area contributed by atoms with Gasteiger partial charge in [-0.25, -0.2) is 13.2 Å². The molecule has 2 heterocycles. The summed E-state index contributed by atoms with van der Waals surface area (Å²) < 4.78 is 40.9. The summed E-state index contributed by atoms with van der Waals surface area (Å²) in [5.41, 5.74) is 1.40. The second-order valence-corrected chi connectivity index (χ2v) is 5.68. The van der Waals surface area contributed by atoms with E-state index in [1.807, 2.05) is 6.07 Å². The third-order valence-electron chi connectivity index (χ3n) is 4.03. The third-order valence-corrected chi connectivity index (χ3v) is 4.03. The molecule has 1 aromatic carbocycles. The summed E-state index contributed by atoms with van der Waals surface area (Å²) in [5, 5.41) is 9.68. The number of para-hydroxylation sites is 1. The van der Waals surface area contributed by atoms with Gasteiger partial charge in [-0.1, -0.05) is 18.7 Å². The maximum Gasteiger partial charge on any atom is 0.268 e. The number of hydrogen-bond acceptors (Lipinski definition) is 3. The zero-order valence-electron chi connectivity index (χ0n) is 12.3. The van der Waals surface area contributed by atoms with Crippen LogP contribution in [0.3, 0.4) is 0 Å². The summed E-state index contributed by atoms with van der Waals surface area (Å²) in [4.78, 5) is 5.35. The van der Waals surface area contributed by atoms with Gasteiger partial charge in [-0.3, -0.25) is 4.98 Å². The average molecular weight is 317 g/mol. The first-order chi connectivity index (χ1) is 10.9. The molecular formula is C17H14F3N3. The Kier molecular flexibility index (Phi) is 3.72. The molecule has 0 bridgehead atoms. The number of pyridine rings is 1. The van der Waals surface area contributed by atoms with Crippen LogP contribution in [0.4, 0.5) is 13.2 Å². The van der Waals surface area contributed by atoms with E-state index < -0.39 is 30.7 Å². The van der Waals surface area contributed by atoms with Crippen LogP contribution in [0.15, 0.2) is 42.7 Å². The fourth-order valence-electron chi connectivity index (χ4n) is 2.94. The Morgan fingerprint density at radius 1 is 1.43 bits per heavy atom. The van der Waals surface area contributed by atoms with Crippen LogP contribution in [-0.2, 0) is 6.42 Å². The number of nitriles is 1. The minimum absolute atomic E-state index is 0.237. The highest BCUT2D eigenvalue weighted by Crippen LogP contribution is 2.35. The molecule has 1 atom stereocenters. The number of hydrogen-bond donors (Lipinski definition) is 0. The molecule has 118 valence electrons. The number of aromatic nitrogens is 1. The van der Waals surface area contributed by atoms with Crippen LogP contribution < -0.4 is 0 Å². The summed E-state index contributed by atoms with van der Waals surface area (Å²) in [6, 6.07) is 7.35. The fourth-order valence-corrected chi connectivity index (χ4v) is 2.94. The highest BCUT2D eigenvalue weighted by Gasteiger charge is 2.45. The van der Waals surface area contributed by atoms with Crippen molar-refractivity contribution in [2.75, 3.05) is 6.54 Å². The normalized spacial score (nSPS) is 19.7. The van der Waals surface area contributed by atoms with E-state index in [2.05, 4.69) is 11.6 Å². The molecule has 23 heavy (non-hydrogen) atoms. The SMILES string of the molecule is C=C(Cc1ccnc2c(F)cccc12)N1CC(F)(F)CC1C#N. The molecule has 6 heteroatoms. The molecule has 1 aliphatic rings. The highest BCUT2D eigenvalue weighted by atomic mass is 19.3. The van der Waals surface area contributed by atoms with Crippen LogP contribution in [0.1, 0.15) is 12.0 Å². The van der Waals surface area contributed by atoms with Crippen molar-refractivity contribution in [1.29, 1.82) is 5.26 Å². The smallest absolute Gasteiger partial charge is 0.268 e. The number of likely N-dealkylation sites (tertiary alicyclic amines) is 1. The zero-order valence-corrected chi connectivity index (χ0v) is 12.3. The Bertz CT molecular complexity index is 810. The standard InChI is InChI=1S/C17H14F3N3/c1-11(23-10-17(19,20)8-13(23)9-21)7-12-5-6-22-16-14(12)3-2-4-15(16)18/h2-6,13H,1,7-8,10H2. The fraction of sp³-hybridized carbons (Fsp3) is 0.294. The maximum atomic E-state index is 13.8. The molecule has 2 aromatic rings. The first kappa shape index (κ1) is 15.3. The van der Waals surface area contributed by atoms with E-state index in [1.165, 1.54) is 17.2 Å². The molecule has 0 spiro atoms.